The summed E-state index contributed by atoms with van der Waals surface area (Å²) in [6.07, 6.45) is 1.73. The molecule has 2 N–H and O–H groups in total. The Morgan fingerprint density at radius 2 is 2.06 bits per heavy atom. The molecule has 1 aromatic carbocycles. The number of hydrogen-bond acceptors (Lipinski definition) is 2. The van der Waals surface area contributed by atoms with E-state index in [-0.39, 0.29) is 6.03 Å². The monoisotopic (exact) mass is 244 g/mol. The number of aryl methyl sites for hydroxylation is 1. The molecule has 0 aliphatic rings. The zero-order valence-electron chi connectivity index (χ0n) is 10.3. The first kappa shape index (κ1) is 12.2. The number of hydrogen-bond donors (Lipinski definition) is 2. The Hall–Kier alpha value is -2.30. The molecular weight excluding hydrogens is 228 g/mol. The molecule has 1 heterocycles. The summed E-state index contributed by atoms with van der Waals surface area (Å²) in [5, 5.41) is 9.70. The maximum absolute atomic E-state index is 11.7. The number of amides is 2. The lowest BCUT2D eigenvalue weighted by Crippen LogP contribution is -2.29. The van der Waals surface area contributed by atoms with Gasteiger partial charge in [0.05, 0.1) is 12.2 Å². The molecule has 2 amide bonds. The van der Waals surface area contributed by atoms with Crippen LogP contribution in [0.5, 0.6) is 0 Å². The van der Waals surface area contributed by atoms with E-state index >= 15 is 0 Å². The number of aromatic nitrogens is 2. The van der Waals surface area contributed by atoms with Crippen LogP contribution < -0.4 is 10.6 Å². The molecule has 2 rings (SSSR count). The van der Waals surface area contributed by atoms with E-state index in [1.165, 1.54) is 0 Å². The molecule has 0 bridgehead atoms. The number of nitrogens with zero attached hydrogens (tertiary/aromatic N) is 2. The molecule has 2 aromatic rings. The van der Waals surface area contributed by atoms with E-state index in [1.54, 1.807) is 6.20 Å². The van der Waals surface area contributed by atoms with Crippen LogP contribution in [0.25, 0.3) is 0 Å². The third-order valence-electron chi connectivity index (χ3n) is 2.57. The lowest BCUT2D eigenvalue weighted by atomic mass is 10.3. The molecule has 0 aliphatic heterocycles. The smallest absolute Gasteiger partial charge is 0.319 e. The molecule has 0 spiro atoms. The van der Waals surface area contributed by atoms with E-state index in [0.29, 0.717) is 6.54 Å². The highest BCUT2D eigenvalue weighted by atomic mass is 16.2. The van der Waals surface area contributed by atoms with Gasteiger partial charge in [-0.05, 0) is 25.1 Å². The number of urea groups is 1. The molecule has 0 fully saturated rings. The van der Waals surface area contributed by atoms with Crippen molar-refractivity contribution in [2.75, 3.05) is 5.32 Å². The fraction of sp³-hybridized carbons (Fsp3) is 0.231. The molecule has 0 radical (unpaired) electrons. The molecule has 0 saturated heterocycles. The lowest BCUT2D eigenvalue weighted by molar-refractivity contribution is 0.251. The largest absolute Gasteiger partial charge is 0.332 e. The minimum absolute atomic E-state index is 0.218. The Bertz CT molecular complexity index is 507. The van der Waals surface area contributed by atoms with Crippen LogP contribution in [-0.4, -0.2) is 15.8 Å². The summed E-state index contributed by atoms with van der Waals surface area (Å²) < 4.78 is 1.85. The number of para-hydroxylation sites is 1. The SMILES string of the molecule is CCn1nccc1CNC(=O)Nc1ccccc1. The van der Waals surface area contributed by atoms with Gasteiger partial charge >= 0.3 is 6.03 Å². The number of carbonyl (C=O) groups excluding carboxylic acids is 1. The Morgan fingerprint density at radius 3 is 2.78 bits per heavy atom. The average molecular weight is 244 g/mol. The quantitative estimate of drug-likeness (QED) is 0.866. The van der Waals surface area contributed by atoms with Gasteiger partial charge in [-0.3, -0.25) is 4.68 Å². The molecule has 94 valence electrons. The predicted octanol–water partition coefficient (Wildman–Crippen LogP) is 2.22. The van der Waals surface area contributed by atoms with Gasteiger partial charge < -0.3 is 10.6 Å². The third kappa shape index (κ3) is 3.10. The summed E-state index contributed by atoms with van der Waals surface area (Å²) in [5.74, 6) is 0. The van der Waals surface area contributed by atoms with Gasteiger partial charge in [0.1, 0.15) is 0 Å². The predicted molar refractivity (Wildman–Crippen MR) is 70.2 cm³/mol. The number of benzene rings is 1. The van der Waals surface area contributed by atoms with Gasteiger partial charge in [0, 0.05) is 18.4 Å². The van der Waals surface area contributed by atoms with E-state index < -0.39 is 0 Å². The molecule has 5 nitrogen and oxygen atoms in total. The number of anilines is 1. The molecule has 0 atom stereocenters. The van der Waals surface area contributed by atoms with Crippen molar-refractivity contribution in [2.45, 2.75) is 20.0 Å². The van der Waals surface area contributed by atoms with Crippen molar-refractivity contribution < 1.29 is 4.79 Å². The second-order valence-electron chi connectivity index (χ2n) is 3.81. The van der Waals surface area contributed by atoms with E-state index in [4.69, 9.17) is 0 Å². The Kier molecular flexibility index (Phi) is 3.96. The summed E-state index contributed by atoms with van der Waals surface area (Å²) in [6, 6.07) is 11.0. The summed E-state index contributed by atoms with van der Waals surface area (Å²) in [5.41, 5.74) is 1.76. The molecular formula is C13H16N4O. The zero-order chi connectivity index (χ0) is 12.8. The minimum atomic E-state index is -0.218. The lowest BCUT2D eigenvalue weighted by Gasteiger charge is -2.08. The van der Waals surface area contributed by atoms with Crippen LogP contribution in [0, 0.1) is 0 Å². The number of carbonyl (C=O) groups is 1. The normalized spacial score (nSPS) is 10.1. The Morgan fingerprint density at radius 1 is 1.28 bits per heavy atom. The maximum Gasteiger partial charge on any atom is 0.319 e. The fourth-order valence-corrected chi connectivity index (χ4v) is 1.66. The van der Waals surface area contributed by atoms with Gasteiger partial charge in [0.2, 0.25) is 0 Å². The van der Waals surface area contributed by atoms with Crippen LogP contribution in [-0.2, 0) is 13.1 Å². The highest BCUT2D eigenvalue weighted by Crippen LogP contribution is 2.04. The summed E-state index contributed by atoms with van der Waals surface area (Å²) in [6.45, 7) is 3.28. The highest BCUT2D eigenvalue weighted by molar-refractivity contribution is 5.89. The van der Waals surface area contributed by atoms with Crippen molar-refractivity contribution in [3.63, 3.8) is 0 Å². The van der Waals surface area contributed by atoms with Gasteiger partial charge in [-0.1, -0.05) is 18.2 Å². The van der Waals surface area contributed by atoms with Crippen LogP contribution in [0.2, 0.25) is 0 Å². The van der Waals surface area contributed by atoms with Crippen molar-refractivity contribution in [1.29, 1.82) is 0 Å². The van der Waals surface area contributed by atoms with Crippen LogP contribution in [0.1, 0.15) is 12.6 Å². The minimum Gasteiger partial charge on any atom is -0.332 e. The standard InChI is InChI=1S/C13H16N4O/c1-2-17-12(8-9-15-17)10-14-13(18)16-11-6-4-3-5-7-11/h3-9H,2,10H2,1H3,(H2,14,16,18). The molecule has 5 heteroatoms. The van der Waals surface area contributed by atoms with Crippen LogP contribution in [0.15, 0.2) is 42.6 Å². The summed E-state index contributed by atoms with van der Waals surface area (Å²) >= 11 is 0. The van der Waals surface area contributed by atoms with E-state index in [1.807, 2.05) is 48.0 Å². The fourth-order valence-electron chi connectivity index (χ4n) is 1.66. The number of nitrogens with one attached hydrogen (secondary N) is 2. The Balaban J connectivity index is 1.85. The van der Waals surface area contributed by atoms with Gasteiger partial charge in [0.15, 0.2) is 0 Å². The first-order chi connectivity index (χ1) is 8.79. The van der Waals surface area contributed by atoms with Crippen LogP contribution >= 0.6 is 0 Å². The van der Waals surface area contributed by atoms with Gasteiger partial charge in [-0.25, -0.2) is 4.79 Å². The highest BCUT2D eigenvalue weighted by Gasteiger charge is 2.04. The first-order valence-electron chi connectivity index (χ1n) is 5.90. The van der Waals surface area contributed by atoms with E-state index in [2.05, 4.69) is 15.7 Å². The van der Waals surface area contributed by atoms with Gasteiger partial charge in [-0.2, -0.15) is 5.10 Å². The zero-order valence-corrected chi connectivity index (χ0v) is 10.3. The van der Waals surface area contributed by atoms with Crippen LogP contribution in [0.3, 0.4) is 0 Å². The van der Waals surface area contributed by atoms with E-state index in [9.17, 15) is 4.79 Å². The summed E-state index contributed by atoms with van der Waals surface area (Å²) in [4.78, 5) is 11.7. The van der Waals surface area contributed by atoms with Crippen molar-refractivity contribution in [1.82, 2.24) is 15.1 Å². The summed E-state index contributed by atoms with van der Waals surface area (Å²) in [7, 11) is 0. The van der Waals surface area contributed by atoms with Gasteiger partial charge in [-0.15, -0.1) is 0 Å². The topological polar surface area (TPSA) is 59.0 Å². The number of rotatable bonds is 4. The molecule has 0 saturated carbocycles. The second kappa shape index (κ2) is 5.86. The van der Waals surface area contributed by atoms with Crippen molar-refractivity contribution in [2.24, 2.45) is 0 Å². The van der Waals surface area contributed by atoms with E-state index in [0.717, 1.165) is 17.9 Å². The molecule has 0 aliphatic carbocycles. The Labute approximate surface area is 106 Å². The first-order valence-corrected chi connectivity index (χ1v) is 5.90. The van der Waals surface area contributed by atoms with Gasteiger partial charge in [0.25, 0.3) is 0 Å². The van der Waals surface area contributed by atoms with Crippen molar-refractivity contribution >= 4 is 11.7 Å². The van der Waals surface area contributed by atoms with Crippen molar-refractivity contribution in [3.8, 4) is 0 Å². The molecule has 1 aromatic heterocycles. The third-order valence-corrected chi connectivity index (χ3v) is 2.57. The van der Waals surface area contributed by atoms with Crippen LogP contribution in [0.4, 0.5) is 10.5 Å². The second-order valence-corrected chi connectivity index (χ2v) is 3.81. The molecule has 0 unspecified atom stereocenters. The average Bonchev–Trinajstić information content (AvgIpc) is 2.85. The van der Waals surface area contributed by atoms with Crippen molar-refractivity contribution in [3.05, 3.63) is 48.3 Å². The maximum atomic E-state index is 11.7. The molecule has 18 heavy (non-hydrogen) atoms.